The Hall–Kier alpha value is -3.53. The molecule has 35 heavy (non-hydrogen) atoms. The van der Waals surface area contributed by atoms with Gasteiger partial charge in [0.05, 0.1) is 11.6 Å². The average Bonchev–Trinajstić information content (AvgIpc) is 3.27. The summed E-state index contributed by atoms with van der Waals surface area (Å²) in [6.45, 7) is 1.63. The summed E-state index contributed by atoms with van der Waals surface area (Å²) in [6, 6.07) is 5.53. The number of benzene rings is 1. The molecule has 0 aromatic heterocycles. The molecule has 0 saturated carbocycles. The van der Waals surface area contributed by atoms with Crippen LogP contribution in [0.3, 0.4) is 0 Å². The Kier molecular flexibility index (Phi) is 6.63. The van der Waals surface area contributed by atoms with Gasteiger partial charge in [0.15, 0.2) is 11.6 Å². The fourth-order valence-electron chi connectivity index (χ4n) is 4.53. The van der Waals surface area contributed by atoms with Crippen LogP contribution in [-0.2, 0) is 0 Å². The topological polar surface area (TPSA) is 92.8 Å². The smallest absolute Gasteiger partial charge is 0.321 e. The number of hydrogen-bond donors (Lipinski definition) is 5. The normalized spacial score (nSPS) is 23.6. The van der Waals surface area contributed by atoms with E-state index in [1.54, 1.807) is 23.2 Å². The van der Waals surface area contributed by atoms with Gasteiger partial charge in [0.2, 0.25) is 0 Å². The minimum absolute atomic E-state index is 0.0281. The van der Waals surface area contributed by atoms with Gasteiger partial charge in [-0.2, -0.15) is 0 Å². The van der Waals surface area contributed by atoms with Crippen molar-refractivity contribution in [3.8, 4) is 0 Å². The Balaban J connectivity index is 1.20. The van der Waals surface area contributed by atoms with Gasteiger partial charge < -0.3 is 31.5 Å². The van der Waals surface area contributed by atoms with E-state index in [4.69, 9.17) is 11.6 Å². The number of nitrogens with zero attached hydrogens (tertiary/aromatic N) is 2. The third-order valence-corrected chi connectivity index (χ3v) is 6.50. The summed E-state index contributed by atoms with van der Waals surface area (Å²) < 4.78 is 28.0. The van der Waals surface area contributed by atoms with E-state index in [0.29, 0.717) is 36.2 Å². The van der Waals surface area contributed by atoms with E-state index in [1.807, 2.05) is 12.3 Å². The van der Waals surface area contributed by atoms with Crippen molar-refractivity contribution in [2.24, 2.45) is 10.9 Å². The van der Waals surface area contributed by atoms with Crippen molar-refractivity contribution in [3.63, 3.8) is 0 Å². The molecule has 0 aliphatic carbocycles. The van der Waals surface area contributed by atoms with Gasteiger partial charge in [-0.25, -0.2) is 18.6 Å². The second-order valence-electron chi connectivity index (χ2n) is 8.80. The zero-order valence-electron chi connectivity index (χ0n) is 18.9. The van der Waals surface area contributed by atoms with Crippen LogP contribution in [0.25, 0.3) is 0 Å². The Morgan fingerprint density at radius 2 is 2.11 bits per heavy atom. The van der Waals surface area contributed by atoms with Gasteiger partial charge in [-0.05, 0) is 43.0 Å². The molecular weight excluding hydrogens is 476 g/mol. The number of fused-ring (bicyclic) bond motifs is 1. The Bertz CT molecular complexity index is 1180. The number of urea groups is 1. The maximum Gasteiger partial charge on any atom is 0.321 e. The van der Waals surface area contributed by atoms with Crippen molar-refractivity contribution >= 4 is 29.2 Å². The van der Waals surface area contributed by atoms with E-state index in [1.165, 1.54) is 12.1 Å². The number of dihydropyridines is 1. The van der Waals surface area contributed by atoms with Crippen molar-refractivity contribution in [1.29, 1.82) is 0 Å². The third-order valence-electron chi connectivity index (χ3n) is 6.28. The van der Waals surface area contributed by atoms with Crippen LogP contribution in [-0.4, -0.2) is 49.1 Å². The summed E-state index contributed by atoms with van der Waals surface area (Å²) in [5.41, 5.74) is 2.16. The van der Waals surface area contributed by atoms with Crippen LogP contribution in [0, 0.1) is 11.7 Å². The molecular formula is C24H26ClF2N7O. The van der Waals surface area contributed by atoms with E-state index < -0.39 is 5.82 Å². The molecule has 5 rings (SSSR count). The largest absolute Gasteiger partial charge is 0.367 e. The lowest BCUT2D eigenvalue weighted by Crippen LogP contribution is -2.45. The lowest BCUT2D eigenvalue weighted by molar-refractivity contribution is 0.177. The number of piperidine rings is 1. The zero-order chi connectivity index (χ0) is 24.4. The molecule has 1 aromatic rings. The quantitative estimate of drug-likeness (QED) is 0.427. The highest BCUT2D eigenvalue weighted by atomic mass is 35.5. The molecule has 4 heterocycles. The number of anilines is 1. The second-order valence-corrected chi connectivity index (χ2v) is 9.23. The summed E-state index contributed by atoms with van der Waals surface area (Å²) >= 11 is 6.14. The fourth-order valence-corrected chi connectivity index (χ4v) is 4.71. The van der Waals surface area contributed by atoms with Crippen LogP contribution < -0.4 is 26.6 Å². The molecule has 0 bridgehead atoms. The molecule has 1 unspecified atom stereocenters. The molecule has 2 amide bonds. The van der Waals surface area contributed by atoms with Gasteiger partial charge in [0.25, 0.3) is 0 Å². The standard InChI is InChI=1S/C24H26ClF2N7O/c25-15-7-18-19(11-30-21(18)29-10-15)22-31-12-20(27)23(33-22)28-9-14-3-2-6-34(13-14)24(35)32-17-5-1-4-16(26)8-17/h1,4-5,7-8,10-11,14,21,28-30H,2-3,6,9,12-13H2,(H,31,33)(H,32,35)/t14-,21?/m1/s1. The van der Waals surface area contributed by atoms with Gasteiger partial charge in [-0.1, -0.05) is 17.7 Å². The van der Waals surface area contributed by atoms with E-state index in [-0.39, 0.29) is 36.3 Å². The number of aliphatic imine (C=N–C) groups is 1. The van der Waals surface area contributed by atoms with Crippen molar-refractivity contribution < 1.29 is 13.6 Å². The van der Waals surface area contributed by atoms with E-state index >= 15 is 0 Å². The third kappa shape index (κ3) is 5.27. The molecule has 8 nitrogen and oxygen atoms in total. The number of carbonyl (C=O) groups is 1. The van der Waals surface area contributed by atoms with Gasteiger partial charge >= 0.3 is 6.03 Å². The second kappa shape index (κ2) is 9.99. The van der Waals surface area contributed by atoms with Crippen LogP contribution in [0.2, 0.25) is 0 Å². The molecule has 0 radical (unpaired) electrons. The number of amidine groups is 1. The SMILES string of the molecule is O=C(Nc1cccc(F)c1)N1CCC[C@H](CNC2=C(F)CNC(C3=CNC4NC=C(Cl)C=C34)=N2)C1. The maximum absolute atomic E-state index is 14.6. The number of rotatable bonds is 5. The minimum Gasteiger partial charge on any atom is -0.367 e. The number of halogens is 3. The van der Waals surface area contributed by atoms with Crippen molar-refractivity contribution in [2.75, 3.05) is 31.5 Å². The average molecular weight is 502 g/mol. The molecule has 2 atom stereocenters. The summed E-state index contributed by atoms with van der Waals surface area (Å²) in [5, 5.41) is 15.8. The van der Waals surface area contributed by atoms with Gasteiger partial charge in [-0.3, -0.25) is 0 Å². The van der Waals surface area contributed by atoms with Gasteiger partial charge in [-0.15, -0.1) is 0 Å². The Morgan fingerprint density at radius 3 is 2.97 bits per heavy atom. The first-order chi connectivity index (χ1) is 17.0. The predicted octanol–water partition coefficient (Wildman–Crippen LogP) is 3.22. The maximum atomic E-state index is 14.6. The monoisotopic (exact) mass is 501 g/mol. The first-order valence-electron chi connectivity index (χ1n) is 11.5. The van der Waals surface area contributed by atoms with Crippen molar-refractivity contribution in [2.45, 2.75) is 19.0 Å². The molecule has 1 fully saturated rings. The molecule has 11 heteroatoms. The van der Waals surface area contributed by atoms with Crippen LogP contribution in [0.1, 0.15) is 12.8 Å². The first-order valence-corrected chi connectivity index (χ1v) is 11.9. The number of likely N-dealkylation sites (tertiary alicyclic amines) is 1. The summed E-state index contributed by atoms with van der Waals surface area (Å²) in [6.07, 6.45) is 7.03. The van der Waals surface area contributed by atoms with Crippen LogP contribution in [0.5, 0.6) is 0 Å². The van der Waals surface area contributed by atoms with Crippen molar-refractivity contribution in [1.82, 2.24) is 26.2 Å². The Labute approximate surface area is 206 Å². The van der Waals surface area contributed by atoms with E-state index in [9.17, 15) is 13.6 Å². The molecule has 4 aliphatic rings. The summed E-state index contributed by atoms with van der Waals surface area (Å²) in [5.74, 6) is 0.0957. The van der Waals surface area contributed by atoms with Gasteiger partial charge in [0, 0.05) is 48.9 Å². The van der Waals surface area contributed by atoms with E-state index in [0.717, 1.165) is 24.0 Å². The predicted molar refractivity (Wildman–Crippen MR) is 131 cm³/mol. The molecule has 4 aliphatic heterocycles. The lowest BCUT2D eigenvalue weighted by Gasteiger charge is -2.33. The molecule has 184 valence electrons. The number of allylic oxidation sites excluding steroid dienone is 2. The Morgan fingerprint density at radius 1 is 1.26 bits per heavy atom. The number of nitrogens with one attached hydrogen (secondary N) is 5. The van der Waals surface area contributed by atoms with E-state index in [2.05, 4.69) is 31.6 Å². The molecule has 1 aromatic carbocycles. The highest BCUT2D eigenvalue weighted by molar-refractivity contribution is 6.31. The van der Waals surface area contributed by atoms with Gasteiger partial charge in [0.1, 0.15) is 17.8 Å². The summed E-state index contributed by atoms with van der Waals surface area (Å²) in [4.78, 5) is 18.8. The van der Waals surface area contributed by atoms with Crippen LogP contribution >= 0.6 is 11.6 Å². The molecule has 1 saturated heterocycles. The zero-order valence-corrected chi connectivity index (χ0v) is 19.6. The molecule has 5 N–H and O–H groups in total. The number of hydrogen-bond acceptors (Lipinski definition) is 6. The highest BCUT2D eigenvalue weighted by Gasteiger charge is 2.30. The van der Waals surface area contributed by atoms with Crippen molar-refractivity contribution in [3.05, 3.63) is 76.4 Å². The number of carbonyl (C=O) groups excluding carboxylic acids is 1. The van der Waals surface area contributed by atoms with Crippen LogP contribution in [0.4, 0.5) is 19.3 Å². The first kappa shape index (κ1) is 23.2. The lowest BCUT2D eigenvalue weighted by atomic mass is 9.98. The highest BCUT2D eigenvalue weighted by Crippen LogP contribution is 2.27. The fraction of sp³-hybridized carbons (Fsp3) is 0.333. The minimum atomic E-state index is -0.406. The summed E-state index contributed by atoms with van der Waals surface area (Å²) in [7, 11) is 0. The number of amides is 2. The molecule has 0 spiro atoms. The van der Waals surface area contributed by atoms with Crippen LogP contribution in [0.15, 0.2) is 75.6 Å².